The van der Waals surface area contributed by atoms with Crippen molar-refractivity contribution >= 4 is 28.4 Å². The van der Waals surface area contributed by atoms with Crippen molar-refractivity contribution in [1.82, 2.24) is 0 Å². The molecule has 0 spiro atoms. The molecule has 38 heavy (non-hydrogen) atoms. The Bertz CT molecular complexity index is 1170. The van der Waals surface area contributed by atoms with Gasteiger partial charge in [0.15, 0.2) is 0 Å². The normalized spacial score (nSPS) is 9.71. The fraction of sp³-hybridized carbons (Fsp3) is 0.167. The van der Waals surface area contributed by atoms with Gasteiger partial charge in [-0.3, -0.25) is 0 Å². The van der Waals surface area contributed by atoms with E-state index in [9.17, 15) is 0 Å². The maximum Gasteiger partial charge on any atom is -0.171 e. The molecule has 0 nitrogen and oxygen atoms in total. The first-order valence-corrected chi connectivity index (χ1v) is 17.1. The van der Waals surface area contributed by atoms with Crippen LogP contribution in [0.3, 0.4) is 0 Å². The van der Waals surface area contributed by atoms with E-state index in [0.29, 0.717) is 11.8 Å². The minimum absolute atomic E-state index is 0.636. The molecule has 0 amide bonds. The first-order valence-electron chi connectivity index (χ1n) is 12.9. The fourth-order valence-corrected chi connectivity index (χ4v) is 3.70. The van der Waals surface area contributed by atoms with E-state index in [4.69, 9.17) is 0 Å². The Kier molecular flexibility index (Phi) is 15.3. The number of rotatable bonds is 2. The van der Waals surface area contributed by atoms with Crippen LogP contribution < -0.4 is 0 Å². The van der Waals surface area contributed by atoms with Gasteiger partial charge >= 0.3 is 30.2 Å². The van der Waals surface area contributed by atoms with Gasteiger partial charge < -0.3 is 0 Å². The predicted octanol–water partition coefficient (Wildman–Crippen LogP) is 9.95. The molecule has 192 valence electrons. The Hall–Kier alpha value is -2.80. The number of benzene rings is 4. The Labute approximate surface area is 246 Å². The summed E-state index contributed by atoms with van der Waals surface area (Å²) >= 11 is 1.36. The quantitative estimate of drug-likeness (QED) is 0.140. The zero-order valence-electron chi connectivity index (χ0n) is 22.9. The average molecular weight is 588 g/mol. The van der Waals surface area contributed by atoms with Gasteiger partial charge in [-0.2, -0.15) is 84.9 Å². The van der Waals surface area contributed by atoms with Crippen molar-refractivity contribution in [3.8, 4) is 0 Å². The maximum absolute atomic E-state index is 3.06. The Morgan fingerprint density at radius 2 is 0.868 bits per heavy atom. The van der Waals surface area contributed by atoms with Crippen LogP contribution >= 0.6 is 0 Å². The molecule has 2 heteroatoms. The molecule has 0 bridgehead atoms. The SMILES string of the molecule is CC(C)c1cc2ccccc2[cH-]1.CC(C)c1cc2ccccc2[cH-]1.[Si]=[Zr].[c-]1ccccc1.[c-]1ccccc1. The molecular formula is C36H36SiZr-4. The largest absolute Gasteiger partial charge is 0.184 e. The third kappa shape index (κ3) is 11.3. The van der Waals surface area contributed by atoms with Gasteiger partial charge in [0.2, 0.25) is 0 Å². The van der Waals surface area contributed by atoms with Crippen LogP contribution in [-0.2, 0) is 23.3 Å². The van der Waals surface area contributed by atoms with Gasteiger partial charge in [-0.15, -0.1) is 81.2 Å². The van der Waals surface area contributed by atoms with Crippen LogP contribution in [0.4, 0.5) is 0 Å². The molecule has 0 saturated carbocycles. The van der Waals surface area contributed by atoms with E-state index in [2.05, 4.69) is 120 Å². The second-order valence-electron chi connectivity index (χ2n) is 9.30. The van der Waals surface area contributed by atoms with Crippen LogP contribution in [0.15, 0.2) is 133 Å². The molecule has 0 atom stereocenters. The first kappa shape index (κ1) is 31.4. The fourth-order valence-electron chi connectivity index (χ4n) is 3.70. The molecule has 6 aromatic rings. The number of hydrogen-bond donors (Lipinski definition) is 0. The van der Waals surface area contributed by atoms with Crippen molar-refractivity contribution < 1.29 is 23.3 Å². The van der Waals surface area contributed by atoms with Gasteiger partial charge in [0, 0.05) is 0 Å². The standard InChI is InChI=1S/2C12H13.2C6H5.Si.Zr/c2*1-9(2)12-7-10-5-3-4-6-11(10)8-12;2*1-2-4-6-5-3-1;;/h2*3-9H,1-2H3;2*1-5H;;/q4*-1;;. The summed E-state index contributed by atoms with van der Waals surface area (Å²) in [6.07, 6.45) is 0. The van der Waals surface area contributed by atoms with E-state index >= 15 is 0 Å². The summed E-state index contributed by atoms with van der Waals surface area (Å²) in [5.74, 6) is 1.27. The zero-order valence-corrected chi connectivity index (χ0v) is 26.3. The van der Waals surface area contributed by atoms with E-state index in [1.165, 1.54) is 56.0 Å². The topological polar surface area (TPSA) is 0 Å². The third-order valence-electron chi connectivity index (χ3n) is 5.83. The zero-order chi connectivity index (χ0) is 27.6. The molecule has 0 saturated heterocycles. The Balaban J connectivity index is 0.000000182. The van der Waals surface area contributed by atoms with Gasteiger partial charge in [0.05, 0.1) is 0 Å². The van der Waals surface area contributed by atoms with Crippen LogP contribution in [0, 0.1) is 12.1 Å². The number of hydrogen-bond acceptors (Lipinski definition) is 0. The maximum atomic E-state index is 3.06. The first-order chi connectivity index (χ1) is 18.5. The molecule has 6 aromatic carbocycles. The minimum Gasteiger partial charge on any atom is -0.184 e. The van der Waals surface area contributed by atoms with Gasteiger partial charge in [-0.05, 0) is 11.8 Å². The molecule has 0 fully saturated rings. The molecule has 0 aliphatic rings. The summed E-state index contributed by atoms with van der Waals surface area (Å²) in [6.45, 7) is 12.0. The van der Waals surface area contributed by atoms with Crippen molar-refractivity contribution in [3.05, 3.63) is 157 Å². The summed E-state index contributed by atoms with van der Waals surface area (Å²) in [6, 6.07) is 51.1. The van der Waals surface area contributed by atoms with Crippen LogP contribution in [0.1, 0.15) is 50.7 Å². The second kappa shape index (κ2) is 18.5. The van der Waals surface area contributed by atoms with Crippen LogP contribution in [0.5, 0.6) is 0 Å². The van der Waals surface area contributed by atoms with E-state index in [1.54, 1.807) is 0 Å². The van der Waals surface area contributed by atoms with E-state index in [0.717, 1.165) is 0 Å². The van der Waals surface area contributed by atoms with Crippen LogP contribution in [0.2, 0.25) is 0 Å². The summed E-state index contributed by atoms with van der Waals surface area (Å²) in [5.41, 5.74) is 2.88. The van der Waals surface area contributed by atoms with Gasteiger partial charge in [-0.25, -0.2) is 0 Å². The van der Waals surface area contributed by atoms with Gasteiger partial charge in [0.25, 0.3) is 0 Å². The molecule has 0 heterocycles. The predicted molar refractivity (Wildman–Crippen MR) is 164 cm³/mol. The number of fused-ring (bicyclic) bond motifs is 2. The van der Waals surface area contributed by atoms with Crippen molar-refractivity contribution in [1.29, 1.82) is 0 Å². The molecule has 0 aliphatic carbocycles. The second-order valence-corrected chi connectivity index (χ2v) is 9.30. The smallest absolute Gasteiger partial charge is 0.171 e. The average Bonchev–Trinajstić information content (AvgIpc) is 3.62. The van der Waals surface area contributed by atoms with E-state index in [-0.39, 0.29) is 0 Å². The summed E-state index contributed by atoms with van der Waals surface area (Å²) in [7, 11) is 0. The van der Waals surface area contributed by atoms with Crippen molar-refractivity contribution in [2.24, 2.45) is 0 Å². The molecule has 0 aromatic heterocycles. The van der Waals surface area contributed by atoms with E-state index in [1.807, 2.05) is 60.7 Å². The minimum atomic E-state index is 0.636. The van der Waals surface area contributed by atoms with Crippen molar-refractivity contribution in [3.63, 3.8) is 0 Å². The van der Waals surface area contributed by atoms with E-state index < -0.39 is 0 Å². The summed E-state index contributed by atoms with van der Waals surface area (Å²) in [4.78, 5) is 0. The summed E-state index contributed by atoms with van der Waals surface area (Å²) < 4.78 is 0. The van der Waals surface area contributed by atoms with Crippen LogP contribution in [0.25, 0.3) is 21.5 Å². The third-order valence-corrected chi connectivity index (χ3v) is 5.83. The molecule has 0 aliphatic heterocycles. The van der Waals surface area contributed by atoms with Crippen molar-refractivity contribution in [2.75, 3.05) is 0 Å². The van der Waals surface area contributed by atoms with Crippen LogP contribution in [-0.4, -0.2) is 6.88 Å². The van der Waals surface area contributed by atoms with Gasteiger partial charge in [-0.1, -0.05) is 39.8 Å². The summed E-state index contributed by atoms with van der Waals surface area (Å²) in [5, 5.41) is 5.45. The van der Waals surface area contributed by atoms with Crippen molar-refractivity contribution in [2.45, 2.75) is 39.5 Å². The Morgan fingerprint density at radius 1 is 0.526 bits per heavy atom. The van der Waals surface area contributed by atoms with Gasteiger partial charge in [0.1, 0.15) is 0 Å². The molecule has 2 radical (unpaired) electrons. The monoisotopic (exact) mass is 586 g/mol. The molecule has 0 N–H and O–H groups in total. The molecule has 6 rings (SSSR count). The molecule has 0 unspecified atom stereocenters. The molecular weight excluding hydrogens is 552 g/mol. The Morgan fingerprint density at radius 3 is 1.11 bits per heavy atom.